The van der Waals surface area contributed by atoms with E-state index in [1.807, 2.05) is 42.5 Å². The SMILES string of the molecule is CC1C=Cc2cc(C(=O)NCc3ccc(-c4nn(C5C=CC(O)C5)c5ncnc(N)c45)cc3)ccc2C1. The lowest BCUT2D eigenvalue weighted by atomic mass is 9.90. The van der Waals surface area contributed by atoms with E-state index in [0.29, 0.717) is 47.0 Å². The van der Waals surface area contributed by atoms with Crippen LogP contribution in [0.1, 0.15) is 46.4 Å². The molecule has 0 aliphatic heterocycles. The fourth-order valence-corrected chi connectivity index (χ4v) is 5.10. The number of carbonyl (C=O) groups is 1. The van der Waals surface area contributed by atoms with Crippen LogP contribution in [0.5, 0.6) is 0 Å². The van der Waals surface area contributed by atoms with Gasteiger partial charge >= 0.3 is 0 Å². The number of aliphatic hydroxyl groups is 1. The minimum absolute atomic E-state index is 0.0969. The maximum absolute atomic E-state index is 12.8. The van der Waals surface area contributed by atoms with E-state index in [1.165, 1.54) is 11.9 Å². The number of amides is 1. The number of rotatable bonds is 5. The van der Waals surface area contributed by atoms with Gasteiger partial charge in [-0.15, -0.1) is 0 Å². The molecule has 6 rings (SSSR count). The van der Waals surface area contributed by atoms with Gasteiger partial charge in [0.2, 0.25) is 0 Å². The predicted octanol–water partition coefficient (Wildman–Crippen LogP) is 4.07. The maximum Gasteiger partial charge on any atom is 0.251 e. The highest BCUT2D eigenvalue weighted by molar-refractivity contribution is 5.98. The molecule has 37 heavy (non-hydrogen) atoms. The van der Waals surface area contributed by atoms with Crippen molar-refractivity contribution in [3.8, 4) is 11.3 Å². The minimum atomic E-state index is -0.497. The second-order valence-electron chi connectivity index (χ2n) is 9.84. The van der Waals surface area contributed by atoms with E-state index in [9.17, 15) is 9.90 Å². The zero-order valence-corrected chi connectivity index (χ0v) is 20.5. The van der Waals surface area contributed by atoms with Crippen molar-refractivity contribution in [1.29, 1.82) is 0 Å². The van der Waals surface area contributed by atoms with Gasteiger partial charge in [-0.05, 0) is 41.2 Å². The van der Waals surface area contributed by atoms with E-state index in [-0.39, 0.29) is 11.9 Å². The van der Waals surface area contributed by atoms with Crippen LogP contribution >= 0.6 is 0 Å². The Labute approximate surface area is 214 Å². The Balaban J connectivity index is 1.20. The molecular formula is C29H28N6O2. The summed E-state index contributed by atoms with van der Waals surface area (Å²) in [6, 6.07) is 13.7. The number of nitrogens with two attached hydrogens (primary N) is 1. The van der Waals surface area contributed by atoms with Crippen molar-refractivity contribution in [1.82, 2.24) is 25.1 Å². The molecule has 2 aliphatic carbocycles. The molecule has 4 aromatic rings. The van der Waals surface area contributed by atoms with Crippen molar-refractivity contribution in [3.63, 3.8) is 0 Å². The molecule has 2 aromatic heterocycles. The Kier molecular flexibility index (Phi) is 5.81. The van der Waals surface area contributed by atoms with Gasteiger partial charge in [0.1, 0.15) is 17.8 Å². The summed E-state index contributed by atoms with van der Waals surface area (Å²) in [4.78, 5) is 21.4. The summed E-state index contributed by atoms with van der Waals surface area (Å²) < 4.78 is 1.80. The van der Waals surface area contributed by atoms with Crippen LogP contribution in [0.25, 0.3) is 28.4 Å². The largest absolute Gasteiger partial charge is 0.389 e. The van der Waals surface area contributed by atoms with E-state index in [4.69, 9.17) is 10.8 Å². The van der Waals surface area contributed by atoms with Crippen LogP contribution < -0.4 is 11.1 Å². The fraction of sp³-hybridized carbons (Fsp3) is 0.241. The van der Waals surface area contributed by atoms with Crippen LogP contribution in [-0.4, -0.2) is 36.9 Å². The molecule has 2 heterocycles. The first kappa shape index (κ1) is 23.1. The number of nitrogens with zero attached hydrogens (tertiary/aromatic N) is 4. The Morgan fingerprint density at radius 3 is 2.76 bits per heavy atom. The van der Waals surface area contributed by atoms with E-state index >= 15 is 0 Å². The summed E-state index contributed by atoms with van der Waals surface area (Å²) in [6.07, 6.45) is 10.5. The van der Waals surface area contributed by atoms with Crippen LogP contribution in [-0.2, 0) is 13.0 Å². The summed E-state index contributed by atoms with van der Waals surface area (Å²) in [6.45, 7) is 2.61. The molecule has 3 atom stereocenters. The maximum atomic E-state index is 12.8. The number of aromatic nitrogens is 4. The van der Waals surface area contributed by atoms with E-state index in [0.717, 1.165) is 23.1 Å². The lowest BCUT2D eigenvalue weighted by Crippen LogP contribution is -2.23. The normalized spacial score (nSPS) is 20.3. The molecule has 1 amide bonds. The third kappa shape index (κ3) is 4.40. The topological polar surface area (TPSA) is 119 Å². The molecule has 2 aromatic carbocycles. The highest BCUT2D eigenvalue weighted by Gasteiger charge is 2.25. The molecule has 0 radical (unpaired) electrons. The molecule has 2 aliphatic rings. The summed E-state index contributed by atoms with van der Waals surface area (Å²) in [5, 5.41) is 18.5. The Hall–Kier alpha value is -4.30. The van der Waals surface area contributed by atoms with Crippen LogP contribution in [0, 0.1) is 5.92 Å². The zero-order chi connectivity index (χ0) is 25.5. The number of aliphatic hydroxyl groups excluding tert-OH is 1. The lowest BCUT2D eigenvalue weighted by molar-refractivity contribution is 0.0951. The van der Waals surface area contributed by atoms with Gasteiger partial charge in [0.25, 0.3) is 5.91 Å². The smallest absolute Gasteiger partial charge is 0.251 e. The number of allylic oxidation sites excluding steroid dienone is 2. The quantitative estimate of drug-likeness (QED) is 0.361. The third-order valence-corrected chi connectivity index (χ3v) is 7.11. The Morgan fingerprint density at radius 1 is 1.14 bits per heavy atom. The molecule has 0 saturated carbocycles. The fourth-order valence-electron chi connectivity index (χ4n) is 5.10. The highest BCUT2D eigenvalue weighted by atomic mass is 16.3. The second-order valence-corrected chi connectivity index (χ2v) is 9.84. The van der Waals surface area contributed by atoms with Crippen LogP contribution in [0.3, 0.4) is 0 Å². The summed E-state index contributed by atoms with van der Waals surface area (Å²) in [7, 11) is 0. The average Bonchev–Trinajstić information content (AvgIpc) is 3.51. The molecule has 0 spiro atoms. The minimum Gasteiger partial charge on any atom is -0.389 e. The number of carbonyl (C=O) groups excluding carboxylic acids is 1. The summed E-state index contributed by atoms with van der Waals surface area (Å²) in [5.74, 6) is 0.790. The first-order valence-corrected chi connectivity index (χ1v) is 12.5. The van der Waals surface area contributed by atoms with Gasteiger partial charge in [0.05, 0.1) is 17.5 Å². The van der Waals surface area contributed by atoms with E-state index in [2.05, 4.69) is 40.4 Å². The van der Waals surface area contributed by atoms with Crippen LogP contribution in [0.2, 0.25) is 0 Å². The molecule has 186 valence electrons. The molecule has 0 bridgehead atoms. The average molecular weight is 493 g/mol. The molecule has 0 fully saturated rings. The van der Waals surface area contributed by atoms with Gasteiger partial charge in [-0.3, -0.25) is 4.79 Å². The number of nitrogen functional groups attached to an aromatic ring is 1. The number of nitrogens with one attached hydrogen (secondary N) is 1. The van der Waals surface area contributed by atoms with Gasteiger partial charge in [0.15, 0.2) is 5.65 Å². The molecule has 8 heteroatoms. The lowest BCUT2D eigenvalue weighted by Gasteiger charge is -2.16. The number of fused-ring (bicyclic) bond motifs is 2. The Morgan fingerprint density at radius 2 is 1.97 bits per heavy atom. The second kappa shape index (κ2) is 9.29. The van der Waals surface area contributed by atoms with Crippen molar-refractivity contribution in [2.75, 3.05) is 5.73 Å². The van der Waals surface area contributed by atoms with Crippen molar-refractivity contribution >= 4 is 28.8 Å². The summed E-state index contributed by atoms with van der Waals surface area (Å²) >= 11 is 0. The standard InChI is InChI=1S/C29H28N6O2/c1-17-2-5-21-13-22(9-8-20(21)12-17)29(37)31-15-18-3-6-19(7-4-18)26-25-27(30)32-16-33-28(25)35(34-26)23-10-11-24(36)14-23/h2-11,13,16-17,23-24,36H,12,14-15H2,1H3,(H,31,37)(H2,30,32,33). The first-order valence-electron chi connectivity index (χ1n) is 12.5. The van der Waals surface area contributed by atoms with Crippen molar-refractivity contribution in [2.45, 2.75) is 38.5 Å². The molecule has 0 saturated heterocycles. The highest BCUT2D eigenvalue weighted by Crippen LogP contribution is 2.34. The number of anilines is 1. The Bertz CT molecular complexity index is 1550. The third-order valence-electron chi connectivity index (χ3n) is 7.11. The van der Waals surface area contributed by atoms with Crippen LogP contribution in [0.15, 0.2) is 67.0 Å². The van der Waals surface area contributed by atoms with E-state index in [1.54, 1.807) is 10.8 Å². The molecule has 4 N–H and O–H groups in total. The van der Waals surface area contributed by atoms with E-state index < -0.39 is 6.10 Å². The first-order chi connectivity index (χ1) is 18.0. The number of hydrogen-bond donors (Lipinski definition) is 3. The molecule has 8 nitrogen and oxygen atoms in total. The molecule has 3 unspecified atom stereocenters. The van der Waals surface area contributed by atoms with Gasteiger partial charge < -0.3 is 16.2 Å². The predicted molar refractivity (Wildman–Crippen MR) is 143 cm³/mol. The van der Waals surface area contributed by atoms with Gasteiger partial charge in [0, 0.05) is 24.1 Å². The van der Waals surface area contributed by atoms with Crippen molar-refractivity contribution in [2.24, 2.45) is 5.92 Å². The van der Waals surface area contributed by atoms with Crippen molar-refractivity contribution < 1.29 is 9.90 Å². The molecular weight excluding hydrogens is 464 g/mol. The number of benzene rings is 2. The summed E-state index contributed by atoms with van der Waals surface area (Å²) in [5.41, 5.74) is 12.5. The van der Waals surface area contributed by atoms with Crippen molar-refractivity contribution in [3.05, 3.63) is 89.3 Å². The van der Waals surface area contributed by atoms with Gasteiger partial charge in [-0.2, -0.15) is 5.10 Å². The van der Waals surface area contributed by atoms with Gasteiger partial charge in [-0.25, -0.2) is 14.6 Å². The zero-order valence-electron chi connectivity index (χ0n) is 20.5. The number of hydrogen-bond acceptors (Lipinski definition) is 6. The van der Waals surface area contributed by atoms with Gasteiger partial charge in [-0.1, -0.05) is 61.6 Å². The van der Waals surface area contributed by atoms with Crippen LogP contribution in [0.4, 0.5) is 5.82 Å². The monoisotopic (exact) mass is 492 g/mol.